The van der Waals surface area contributed by atoms with Crippen molar-refractivity contribution < 1.29 is 19.0 Å². The average Bonchev–Trinajstić information content (AvgIpc) is 2.27. The van der Waals surface area contributed by atoms with Crippen molar-refractivity contribution in [2.45, 2.75) is 13.0 Å². The number of methoxy groups -OCH3 is 1. The minimum absolute atomic E-state index is 0.0393. The number of nitrogens with one attached hydrogen (secondary N) is 1. The van der Waals surface area contributed by atoms with Crippen LogP contribution >= 0.6 is 0 Å². The molecule has 2 N–H and O–H groups in total. The van der Waals surface area contributed by atoms with Crippen LogP contribution in [0.2, 0.25) is 0 Å². The number of carbonyl (C=O) groups is 1. The molecule has 0 saturated heterocycles. The highest BCUT2D eigenvalue weighted by atomic mass is 19.1. The first kappa shape index (κ1) is 12.4. The molecule has 0 aromatic heterocycles. The quantitative estimate of drug-likeness (QED) is 0.783. The maximum absolute atomic E-state index is 12.9. The number of halogens is 1. The molecule has 0 aliphatic carbocycles. The van der Waals surface area contributed by atoms with Crippen LogP contribution < -0.4 is 10.1 Å². The van der Waals surface area contributed by atoms with Gasteiger partial charge in [-0.25, -0.2) is 4.39 Å². The first-order valence-corrected chi connectivity index (χ1v) is 4.87. The van der Waals surface area contributed by atoms with E-state index in [0.29, 0.717) is 11.3 Å². The van der Waals surface area contributed by atoms with Crippen molar-refractivity contribution in [2.75, 3.05) is 13.7 Å². The first-order valence-electron chi connectivity index (χ1n) is 4.87. The number of ether oxygens (including phenoxy) is 1. The van der Waals surface area contributed by atoms with Crippen LogP contribution in [0.5, 0.6) is 5.75 Å². The van der Waals surface area contributed by atoms with E-state index >= 15 is 0 Å². The van der Waals surface area contributed by atoms with E-state index in [1.165, 1.54) is 25.3 Å². The Bertz CT molecular complexity index is 368. The number of hydrogen-bond acceptors (Lipinski definition) is 3. The minimum Gasteiger partial charge on any atom is -0.496 e. The molecule has 0 saturated carbocycles. The van der Waals surface area contributed by atoms with Gasteiger partial charge in [0.15, 0.2) is 0 Å². The fraction of sp³-hybridized carbons (Fsp3) is 0.364. The van der Waals surface area contributed by atoms with Crippen molar-refractivity contribution in [3.63, 3.8) is 0 Å². The highest BCUT2D eigenvalue weighted by molar-refractivity contribution is 5.76. The van der Waals surface area contributed by atoms with E-state index in [0.717, 1.165) is 0 Å². The number of carbonyl (C=O) groups excluding carboxylic acids is 1. The van der Waals surface area contributed by atoms with Crippen LogP contribution in [-0.2, 0) is 11.3 Å². The Hall–Kier alpha value is -1.62. The van der Waals surface area contributed by atoms with Crippen LogP contribution in [0.3, 0.4) is 0 Å². The van der Waals surface area contributed by atoms with E-state index in [1.807, 2.05) is 0 Å². The van der Waals surface area contributed by atoms with Gasteiger partial charge in [-0.15, -0.1) is 0 Å². The Balaban J connectivity index is 2.65. The highest BCUT2D eigenvalue weighted by Crippen LogP contribution is 2.18. The summed E-state index contributed by atoms with van der Waals surface area (Å²) in [6.07, 6.45) is 0.0393. The molecule has 0 aliphatic rings. The van der Waals surface area contributed by atoms with Crippen molar-refractivity contribution in [1.82, 2.24) is 5.32 Å². The van der Waals surface area contributed by atoms with Gasteiger partial charge in [-0.3, -0.25) is 4.79 Å². The van der Waals surface area contributed by atoms with Gasteiger partial charge in [0.25, 0.3) is 0 Å². The zero-order chi connectivity index (χ0) is 12.0. The molecule has 0 fully saturated rings. The van der Waals surface area contributed by atoms with Gasteiger partial charge in [-0.05, 0) is 18.2 Å². The summed E-state index contributed by atoms with van der Waals surface area (Å²) in [6, 6.07) is 4.10. The molecule has 16 heavy (non-hydrogen) atoms. The summed E-state index contributed by atoms with van der Waals surface area (Å²) < 4.78 is 18.0. The molecule has 1 rings (SSSR count). The van der Waals surface area contributed by atoms with Crippen molar-refractivity contribution in [1.29, 1.82) is 0 Å². The van der Waals surface area contributed by atoms with Crippen molar-refractivity contribution >= 4 is 5.91 Å². The van der Waals surface area contributed by atoms with Crippen LogP contribution in [0, 0.1) is 5.82 Å². The number of rotatable bonds is 5. The van der Waals surface area contributed by atoms with E-state index in [1.54, 1.807) is 0 Å². The molecule has 0 bridgehead atoms. The fourth-order valence-electron chi connectivity index (χ4n) is 1.27. The van der Waals surface area contributed by atoms with Crippen LogP contribution in [0.25, 0.3) is 0 Å². The average molecular weight is 227 g/mol. The fourth-order valence-corrected chi connectivity index (χ4v) is 1.27. The van der Waals surface area contributed by atoms with Gasteiger partial charge in [-0.1, -0.05) is 0 Å². The second-order valence-electron chi connectivity index (χ2n) is 3.21. The van der Waals surface area contributed by atoms with Crippen LogP contribution in [0.1, 0.15) is 12.0 Å². The normalized spacial score (nSPS) is 9.94. The summed E-state index contributed by atoms with van der Waals surface area (Å²) in [6.45, 7) is -0.0219. The van der Waals surface area contributed by atoms with Crippen molar-refractivity contribution in [3.05, 3.63) is 29.6 Å². The third kappa shape index (κ3) is 3.51. The Kier molecular flexibility index (Phi) is 4.72. The molecule has 88 valence electrons. The van der Waals surface area contributed by atoms with E-state index in [9.17, 15) is 9.18 Å². The summed E-state index contributed by atoms with van der Waals surface area (Å²) in [7, 11) is 1.48. The van der Waals surface area contributed by atoms with Gasteiger partial charge < -0.3 is 15.2 Å². The zero-order valence-electron chi connectivity index (χ0n) is 9.00. The standard InChI is InChI=1S/C11H14FNO3/c1-16-10-3-2-9(12)6-8(10)7-13-11(15)4-5-14/h2-3,6,14H,4-5,7H2,1H3,(H,13,15). The third-order valence-electron chi connectivity index (χ3n) is 2.06. The van der Waals surface area contributed by atoms with Crippen LogP contribution in [0.4, 0.5) is 4.39 Å². The van der Waals surface area contributed by atoms with Gasteiger partial charge in [0.05, 0.1) is 13.7 Å². The van der Waals surface area contributed by atoms with Crippen LogP contribution in [0.15, 0.2) is 18.2 Å². The smallest absolute Gasteiger partial charge is 0.222 e. The molecule has 0 heterocycles. The number of benzene rings is 1. The lowest BCUT2D eigenvalue weighted by Gasteiger charge is -2.09. The van der Waals surface area contributed by atoms with Gasteiger partial charge in [0.1, 0.15) is 11.6 Å². The summed E-state index contributed by atoms with van der Waals surface area (Å²) in [5, 5.41) is 11.1. The molecular formula is C11H14FNO3. The molecule has 5 heteroatoms. The van der Waals surface area contributed by atoms with Crippen LogP contribution in [-0.4, -0.2) is 24.7 Å². The second-order valence-corrected chi connectivity index (χ2v) is 3.21. The van der Waals surface area contributed by atoms with Gasteiger partial charge in [-0.2, -0.15) is 0 Å². The zero-order valence-corrected chi connectivity index (χ0v) is 9.00. The predicted octanol–water partition coefficient (Wildman–Crippen LogP) is 0.833. The Morgan fingerprint density at radius 1 is 1.56 bits per heavy atom. The van der Waals surface area contributed by atoms with E-state index in [-0.39, 0.29) is 31.3 Å². The van der Waals surface area contributed by atoms with E-state index in [2.05, 4.69) is 5.32 Å². The Morgan fingerprint density at radius 2 is 2.31 bits per heavy atom. The SMILES string of the molecule is COc1ccc(F)cc1CNC(=O)CCO. The number of hydrogen-bond donors (Lipinski definition) is 2. The monoisotopic (exact) mass is 227 g/mol. The molecule has 0 aliphatic heterocycles. The number of aliphatic hydroxyl groups is 1. The minimum atomic E-state index is -0.382. The summed E-state index contributed by atoms with van der Waals surface area (Å²) in [4.78, 5) is 11.1. The van der Waals surface area contributed by atoms with E-state index < -0.39 is 0 Å². The van der Waals surface area contributed by atoms with Gasteiger partial charge in [0.2, 0.25) is 5.91 Å². The lowest BCUT2D eigenvalue weighted by atomic mass is 10.2. The van der Waals surface area contributed by atoms with E-state index in [4.69, 9.17) is 9.84 Å². The molecule has 1 amide bonds. The molecule has 0 unspecified atom stereocenters. The molecule has 1 aromatic carbocycles. The summed E-state index contributed by atoms with van der Waals surface area (Å²) >= 11 is 0. The third-order valence-corrected chi connectivity index (χ3v) is 2.06. The first-order chi connectivity index (χ1) is 7.67. The van der Waals surface area contributed by atoms with Gasteiger partial charge >= 0.3 is 0 Å². The molecule has 1 aromatic rings. The van der Waals surface area contributed by atoms with Crippen molar-refractivity contribution in [2.24, 2.45) is 0 Å². The Morgan fingerprint density at radius 3 is 2.94 bits per heavy atom. The molecule has 0 spiro atoms. The molecule has 0 atom stereocenters. The Labute approximate surface area is 93.0 Å². The van der Waals surface area contributed by atoms with Gasteiger partial charge in [0, 0.05) is 18.5 Å². The molecular weight excluding hydrogens is 213 g/mol. The topological polar surface area (TPSA) is 58.6 Å². The lowest BCUT2D eigenvalue weighted by Crippen LogP contribution is -2.23. The predicted molar refractivity (Wildman–Crippen MR) is 56.5 cm³/mol. The largest absolute Gasteiger partial charge is 0.496 e. The lowest BCUT2D eigenvalue weighted by molar-refractivity contribution is -0.121. The highest BCUT2D eigenvalue weighted by Gasteiger charge is 2.06. The number of aliphatic hydroxyl groups excluding tert-OH is 1. The molecule has 4 nitrogen and oxygen atoms in total. The van der Waals surface area contributed by atoms with Crippen molar-refractivity contribution in [3.8, 4) is 5.75 Å². The maximum Gasteiger partial charge on any atom is 0.222 e. The maximum atomic E-state index is 12.9. The number of amides is 1. The molecule has 0 radical (unpaired) electrons. The second kappa shape index (κ2) is 6.07. The summed E-state index contributed by atoms with van der Waals surface area (Å²) in [5.74, 6) is -0.147. The summed E-state index contributed by atoms with van der Waals surface area (Å²) in [5.41, 5.74) is 0.564.